The molecule has 26 heavy (non-hydrogen) atoms. The molecule has 1 N–H and O–H groups in total. The molecule has 0 radical (unpaired) electrons. The number of nitrogens with zero attached hydrogens (tertiary/aromatic N) is 1. The minimum atomic E-state index is -3.77. The predicted octanol–water partition coefficient (Wildman–Crippen LogP) is 3.26. The molecule has 0 spiro atoms. The molecule has 0 bridgehead atoms. The van der Waals surface area contributed by atoms with Crippen LogP contribution in [0, 0.1) is 0 Å². The van der Waals surface area contributed by atoms with Gasteiger partial charge in [-0.05, 0) is 17.7 Å². The zero-order valence-corrected chi connectivity index (χ0v) is 15.9. The van der Waals surface area contributed by atoms with Gasteiger partial charge in [0.1, 0.15) is 18.1 Å². The molecule has 0 amide bonds. The molecule has 7 nitrogen and oxygen atoms in total. The van der Waals surface area contributed by atoms with Crippen LogP contribution in [0.5, 0.6) is 17.2 Å². The van der Waals surface area contributed by atoms with Crippen LogP contribution in [-0.2, 0) is 15.8 Å². The third kappa shape index (κ3) is 5.53. The summed E-state index contributed by atoms with van der Waals surface area (Å²) in [4.78, 5) is 3.99. The minimum Gasteiger partial charge on any atom is -0.497 e. The molecule has 2 rings (SSSR count). The van der Waals surface area contributed by atoms with Crippen molar-refractivity contribution in [1.82, 2.24) is 4.98 Å². The van der Waals surface area contributed by atoms with E-state index in [0.717, 1.165) is 0 Å². The van der Waals surface area contributed by atoms with Gasteiger partial charge in [-0.1, -0.05) is 24.3 Å². The first-order valence-corrected chi connectivity index (χ1v) is 9.51. The molecule has 140 valence electrons. The van der Waals surface area contributed by atoms with E-state index >= 15 is 0 Å². The maximum absolute atomic E-state index is 12.5. The maximum Gasteiger partial charge on any atom is 0.238 e. The van der Waals surface area contributed by atoms with E-state index in [1.807, 2.05) is 0 Å². The normalized spacial score (nSPS) is 10.9. The van der Waals surface area contributed by atoms with Crippen LogP contribution in [0.1, 0.15) is 5.56 Å². The first-order valence-electron chi connectivity index (χ1n) is 7.48. The Morgan fingerprint density at radius 2 is 1.85 bits per heavy atom. The molecule has 0 aliphatic heterocycles. The highest BCUT2D eigenvalue weighted by Crippen LogP contribution is 2.28. The fraction of sp³-hybridized carbons (Fsp3) is 0.235. The molecule has 0 aliphatic rings. The number of hydrogen-bond acceptors (Lipinski definition) is 6. The van der Waals surface area contributed by atoms with Gasteiger partial charge in [-0.2, -0.15) is 0 Å². The van der Waals surface area contributed by atoms with E-state index in [4.69, 9.17) is 25.8 Å². The summed E-state index contributed by atoms with van der Waals surface area (Å²) in [5.41, 5.74) is 0.497. The number of benzene rings is 1. The van der Waals surface area contributed by atoms with Gasteiger partial charge in [0.05, 0.1) is 25.0 Å². The molecule has 2 aromatic rings. The van der Waals surface area contributed by atoms with Gasteiger partial charge >= 0.3 is 0 Å². The predicted molar refractivity (Wildman–Crippen MR) is 101 cm³/mol. The second-order valence-corrected chi connectivity index (χ2v) is 7.34. The van der Waals surface area contributed by atoms with Crippen LogP contribution in [0.4, 0.5) is 5.82 Å². The fourth-order valence-corrected chi connectivity index (χ4v) is 3.38. The van der Waals surface area contributed by atoms with Crippen LogP contribution in [0.25, 0.3) is 0 Å². The smallest absolute Gasteiger partial charge is 0.238 e. The summed E-state index contributed by atoms with van der Waals surface area (Å²) in [7, 11) is -0.786. The number of anilines is 1. The lowest BCUT2D eigenvalue weighted by molar-refractivity contribution is 0.364. The van der Waals surface area contributed by atoms with Gasteiger partial charge in [-0.3, -0.25) is 4.72 Å². The topological polar surface area (TPSA) is 86.8 Å². The lowest BCUT2D eigenvalue weighted by Gasteiger charge is -2.13. The van der Waals surface area contributed by atoms with E-state index in [1.54, 1.807) is 18.2 Å². The first-order chi connectivity index (χ1) is 12.4. The number of pyridine rings is 1. The van der Waals surface area contributed by atoms with Crippen molar-refractivity contribution in [3.05, 3.63) is 53.7 Å². The number of nitrogens with one attached hydrogen (secondary N) is 1. The quantitative estimate of drug-likeness (QED) is 0.652. The van der Waals surface area contributed by atoms with Crippen molar-refractivity contribution in [2.24, 2.45) is 0 Å². The highest BCUT2D eigenvalue weighted by molar-refractivity contribution is 7.91. The highest BCUT2D eigenvalue weighted by Gasteiger charge is 2.17. The van der Waals surface area contributed by atoms with Crippen LogP contribution in [0.15, 0.2) is 43.1 Å². The monoisotopic (exact) mass is 398 g/mol. The summed E-state index contributed by atoms with van der Waals surface area (Å²) in [6.07, 6.45) is 2.86. The van der Waals surface area contributed by atoms with Gasteiger partial charge < -0.3 is 14.2 Å². The van der Waals surface area contributed by atoms with Crippen LogP contribution >= 0.6 is 11.6 Å². The standard InChI is InChI=1S/C17H19ClN2O5S/c1-4-5-25-16-8-13(18)10-19-17(16)20-26(21,22)11-12-6-14(23-2)9-15(7-12)24-3/h4,6-10H,1,5,11H2,2-3H3,(H,19,20). The van der Waals surface area contributed by atoms with Crippen molar-refractivity contribution in [2.45, 2.75) is 5.75 Å². The molecule has 9 heteroatoms. The number of sulfonamides is 1. The summed E-state index contributed by atoms with van der Waals surface area (Å²) in [6, 6.07) is 6.37. The Kier molecular flexibility index (Phi) is 6.70. The Labute approximate surface area is 157 Å². The Morgan fingerprint density at radius 3 is 2.42 bits per heavy atom. The van der Waals surface area contributed by atoms with Crippen molar-refractivity contribution in [3.8, 4) is 17.2 Å². The van der Waals surface area contributed by atoms with E-state index < -0.39 is 10.0 Å². The molecule has 0 aliphatic carbocycles. The lowest BCUT2D eigenvalue weighted by Crippen LogP contribution is -2.17. The van der Waals surface area contributed by atoms with Crippen molar-refractivity contribution in [1.29, 1.82) is 0 Å². The average Bonchev–Trinajstić information content (AvgIpc) is 2.60. The Bertz CT molecular complexity index is 864. The summed E-state index contributed by atoms with van der Waals surface area (Å²) >= 11 is 5.89. The van der Waals surface area contributed by atoms with E-state index in [9.17, 15) is 8.42 Å². The van der Waals surface area contributed by atoms with Crippen molar-refractivity contribution in [3.63, 3.8) is 0 Å². The number of methoxy groups -OCH3 is 2. The van der Waals surface area contributed by atoms with Crippen LogP contribution in [0.3, 0.4) is 0 Å². The van der Waals surface area contributed by atoms with Gasteiger partial charge in [-0.25, -0.2) is 13.4 Å². The van der Waals surface area contributed by atoms with Crippen molar-refractivity contribution in [2.75, 3.05) is 25.5 Å². The van der Waals surface area contributed by atoms with Gasteiger partial charge in [0.2, 0.25) is 10.0 Å². The summed E-state index contributed by atoms with van der Waals surface area (Å²) in [5, 5.41) is 0.324. The van der Waals surface area contributed by atoms with Gasteiger partial charge in [0.25, 0.3) is 0 Å². The first kappa shape index (κ1) is 19.9. The van der Waals surface area contributed by atoms with Gasteiger partial charge in [-0.15, -0.1) is 0 Å². The Hall–Kier alpha value is -2.45. The second kappa shape index (κ2) is 8.77. The molecule has 0 saturated heterocycles. The number of hydrogen-bond donors (Lipinski definition) is 1. The van der Waals surface area contributed by atoms with E-state index in [2.05, 4.69) is 16.3 Å². The molecule has 1 aromatic heterocycles. The largest absolute Gasteiger partial charge is 0.497 e. The summed E-state index contributed by atoms with van der Waals surface area (Å²) in [6.45, 7) is 3.73. The third-order valence-corrected chi connectivity index (χ3v) is 4.62. The van der Waals surface area contributed by atoms with E-state index in [-0.39, 0.29) is 23.9 Å². The van der Waals surface area contributed by atoms with Crippen LogP contribution in [0.2, 0.25) is 5.02 Å². The molecular weight excluding hydrogens is 380 g/mol. The Morgan fingerprint density at radius 1 is 1.19 bits per heavy atom. The average molecular weight is 399 g/mol. The third-order valence-electron chi connectivity index (χ3n) is 3.20. The van der Waals surface area contributed by atoms with Gasteiger partial charge in [0.15, 0.2) is 11.6 Å². The zero-order chi connectivity index (χ0) is 19.2. The second-order valence-electron chi connectivity index (χ2n) is 5.18. The number of halogens is 1. The summed E-state index contributed by atoms with van der Waals surface area (Å²) < 4.78 is 43.2. The fourth-order valence-electron chi connectivity index (χ4n) is 2.11. The lowest BCUT2D eigenvalue weighted by atomic mass is 10.2. The van der Waals surface area contributed by atoms with Crippen LogP contribution in [-0.4, -0.2) is 34.2 Å². The molecule has 0 unspecified atom stereocenters. The molecule has 0 atom stereocenters. The van der Waals surface area contributed by atoms with Crippen molar-refractivity contribution < 1.29 is 22.6 Å². The number of aromatic nitrogens is 1. The highest BCUT2D eigenvalue weighted by atomic mass is 35.5. The number of rotatable bonds is 9. The molecule has 1 heterocycles. The molecule has 1 aromatic carbocycles. The molecular formula is C17H19ClN2O5S. The maximum atomic E-state index is 12.5. The van der Waals surface area contributed by atoms with E-state index in [1.165, 1.54) is 32.6 Å². The number of ether oxygens (including phenoxy) is 3. The zero-order valence-electron chi connectivity index (χ0n) is 14.4. The SMILES string of the molecule is C=CCOc1cc(Cl)cnc1NS(=O)(=O)Cc1cc(OC)cc(OC)c1. The summed E-state index contributed by atoms with van der Waals surface area (Å²) in [5.74, 6) is 0.949. The molecule has 0 saturated carbocycles. The minimum absolute atomic E-state index is 0.0473. The Balaban J connectivity index is 2.25. The molecule has 0 fully saturated rings. The van der Waals surface area contributed by atoms with Crippen molar-refractivity contribution >= 4 is 27.4 Å². The van der Waals surface area contributed by atoms with Crippen LogP contribution < -0.4 is 18.9 Å². The van der Waals surface area contributed by atoms with Gasteiger partial charge in [0, 0.05) is 18.3 Å². The van der Waals surface area contributed by atoms with E-state index in [0.29, 0.717) is 22.1 Å².